The second-order valence-corrected chi connectivity index (χ2v) is 6.47. The molecule has 0 aliphatic rings. The summed E-state index contributed by atoms with van der Waals surface area (Å²) in [7, 11) is 0. The van der Waals surface area contributed by atoms with Gasteiger partial charge in [0.05, 0.1) is 0 Å². The number of aryl methyl sites for hydroxylation is 1. The summed E-state index contributed by atoms with van der Waals surface area (Å²) in [5.41, 5.74) is 7.54. The molecule has 0 saturated carbocycles. The predicted octanol–water partition coefficient (Wildman–Crippen LogP) is 4.09. The number of hydrogen-bond acceptors (Lipinski definition) is 2. The van der Waals surface area contributed by atoms with E-state index in [9.17, 15) is 0 Å². The molecule has 0 amide bonds. The van der Waals surface area contributed by atoms with Crippen molar-refractivity contribution in [2.45, 2.75) is 65.5 Å². The molecule has 0 spiro atoms. The van der Waals surface area contributed by atoms with Gasteiger partial charge in [0.25, 0.3) is 0 Å². The normalized spacial score (nSPS) is 13.3. The quantitative estimate of drug-likeness (QED) is 0.703. The first-order chi connectivity index (χ1) is 10.1. The summed E-state index contributed by atoms with van der Waals surface area (Å²) < 4.78 is 0. The lowest BCUT2D eigenvalue weighted by atomic mass is 9.99. The highest BCUT2D eigenvalue weighted by molar-refractivity contribution is 5.14. The van der Waals surface area contributed by atoms with Gasteiger partial charge in [-0.3, -0.25) is 4.90 Å². The summed E-state index contributed by atoms with van der Waals surface area (Å²) >= 11 is 0. The summed E-state index contributed by atoms with van der Waals surface area (Å²) in [5.74, 6) is 0.691. The molecule has 1 rings (SSSR count). The van der Waals surface area contributed by atoms with E-state index in [1.165, 1.54) is 18.4 Å². The maximum Gasteiger partial charge on any atom is 0.0224 e. The van der Waals surface area contributed by atoms with Gasteiger partial charge in [0.15, 0.2) is 0 Å². The van der Waals surface area contributed by atoms with Crippen LogP contribution in [0.1, 0.15) is 52.5 Å². The molecule has 0 aliphatic heterocycles. The minimum atomic E-state index is 0.498. The molecule has 120 valence electrons. The predicted molar refractivity (Wildman–Crippen MR) is 93.5 cm³/mol. The third-order valence-corrected chi connectivity index (χ3v) is 4.34. The van der Waals surface area contributed by atoms with E-state index in [0.29, 0.717) is 18.0 Å². The van der Waals surface area contributed by atoms with Gasteiger partial charge in [-0.05, 0) is 37.2 Å². The molecular formula is C19H34N2. The summed E-state index contributed by atoms with van der Waals surface area (Å²) in [4.78, 5) is 2.67. The Kier molecular flexibility index (Phi) is 8.63. The van der Waals surface area contributed by atoms with E-state index in [-0.39, 0.29) is 0 Å². The maximum atomic E-state index is 6.12. The van der Waals surface area contributed by atoms with E-state index in [2.05, 4.69) is 62.9 Å². The van der Waals surface area contributed by atoms with Gasteiger partial charge in [0.1, 0.15) is 0 Å². The van der Waals surface area contributed by atoms with Crippen LogP contribution in [0.3, 0.4) is 0 Å². The summed E-state index contributed by atoms with van der Waals surface area (Å²) in [6.07, 6.45) is 4.71. The number of nitrogens with zero attached hydrogens (tertiary/aromatic N) is 1. The van der Waals surface area contributed by atoms with Crippen LogP contribution < -0.4 is 5.73 Å². The van der Waals surface area contributed by atoms with Gasteiger partial charge >= 0.3 is 0 Å². The lowest BCUT2D eigenvalue weighted by Crippen LogP contribution is -2.48. The van der Waals surface area contributed by atoms with E-state index in [4.69, 9.17) is 5.73 Å². The van der Waals surface area contributed by atoms with Crippen molar-refractivity contribution in [3.8, 4) is 0 Å². The molecule has 0 fully saturated rings. The topological polar surface area (TPSA) is 29.3 Å². The zero-order valence-corrected chi connectivity index (χ0v) is 14.4. The summed E-state index contributed by atoms with van der Waals surface area (Å²) in [6, 6.07) is 11.9. The minimum absolute atomic E-state index is 0.498. The number of benzene rings is 1. The highest BCUT2D eigenvalue weighted by Crippen LogP contribution is 2.18. The van der Waals surface area contributed by atoms with Crippen molar-refractivity contribution in [1.82, 2.24) is 4.90 Å². The van der Waals surface area contributed by atoms with E-state index < -0.39 is 0 Å². The van der Waals surface area contributed by atoms with Gasteiger partial charge in [-0.1, -0.05) is 58.0 Å². The van der Waals surface area contributed by atoms with Gasteiger partial charge in [0, 0.05) is 25.2 Å². The molecule has 2 heteroatoms. The van der Waals surface area contributed by atoms with Gasteiger partial charge in [-0.2, -0.15) is 0 Å². The fraction of sp³-hybridized carbons (Fsp3) is 0.684. The average Bonchev–Trinajstić information content (AvgIpc) is 2.49. The van der Waals surface area contributed by atoms with Crippen LogP contribution >= 0.6 is 0 Å². The zero-order valence-electron chi connectivity index (χ0n) is 14.4. The maximum absolute atomic E-state index is 6.12. The molecule has 0 heterocycles. The number of rotatable bonds is 10. The largest absolute Gasteiger partial charge is 0.329 e. The van der Waals surface area contributed by atoms with Crippen LogP contribution in [-0.2, 0) is 6.42 Å². The van der Waals surface area contributed by atoms with Crippen LogP contribution in [-0.4, -0.2) is 30.1 Å². The Hall–Kier alpha value is -0.860. The molecule has 0 saturated heterocycles. The Bertz CT molecular complexity index is 357. The molecule has 0 radical (unpaired) electrons. The molecule has 1 atom stereocenters. The molecule has 1 aromatic rings. The number of nitrogens with two attached hydrogens (primary N) is 1. The smallest absolute Gasteiger partial charge is 0.0224 e. The van der Waals surface area contributed by atoms with E-state index in [0.717, 1.165) is 25.9 Å². The van der Waals surface area contributed by atoms with E-state index in [1.807, 2.05) is 0 Å². The molecule has 2 N–H and O–H groups in total. The first-order valence-electron chi connectivity index (χ1n) is 8.62. The second kappa shape index (κ2) is 9.97. The van der Waals surface area contributed by atoms with Gasteiger partial charge < -0.3 is 5.73 Å². The van der Waals surface area contributed by atoms with Gasteiger partial charge in [-0.25, -0.2) is 0 Å². The Balaban J connectivity index is 2.71. The van der Waals surface area contributed by atoms with Crippen LogP contribution in [0, 0.1) is 5.92 Å². The SMILES string of the molecule is CCC(CC)N(CC(C)C)C(CN)CCc1ccccc1. The Labute approximate surface area is 131 Å². The molecule has 1 unspecified atom stereocenters. The second-order valence-electron chi connectivity index (χ2n) is 6.47. The molecule has 21 heavy (non-hydrogen) atoms. The van der Waals surface area contributed by atoms with Crippen molar-refractivity contribution < 1.29 is 0 Å². The molecule has 0 bridgehead atoms. The number of hydrogen-bond donors (Lipinski definition) is 1. The molecule has 2 nitrogen and oxygen atoms in total. The van der Waals surface area contributed by atoms with Crippen LogP contribution in [0.5, 0.6) is 0 Å². The van der Waals surface area contributed by atoms with Crippen molar-refractivity contribution in [3.63, 3.8) is 0 Å². The fourth-order valence-electron chi connectivity index (χ4n) is 3.17. The van der Waals surface area contributed by atoms with Crippen molar-refractivity contribution in [1.29, 1.82) is 0 Å². The fourth-order valence-corrected chi connectivity index (χ4v) is 3.17. The van der Waals surface area contributed by atoms with Crippen LogP contribution in [0.25, 0.3) is 0 Å². The van der Waals surface area contributed by atoms with Crippen molar-refractivity contribution >= 4 is 0 Å². The standard InChI is InChI=1S/C19H34N2/c1-5-18(6-2)21(15-16(3)4)19(14-20)13-12-17-10-8-7-9-11-17/h7-11,16,18-19H,5-6,12-15,20H2,1-4H3. The first kappa shape index (κ1) is 18.2. The third-order valence-electron chi connectivity index (χ3n) is 4.34. The molecule has 1 aromatic carbocycles. The molecule has 0 aromatic heterocycles. The van der Waals surface area contributed by atoms with Crippen molar-refractivity contribution in [3.05, 3.63) is 35.9 Å². The Morgan fingerprint density at radius 2 is 1.62 bits per heavy atom. The average molecular weight is 290 g/mol. The summed E-state index contributed by atoms with van der Waals surface area (Å²) in [6.45, 7) is 11.1. The zero-order chi connectivity index (χ0) is 15.7. The Morgan fingerprint density at radius 1 is 1.00 bits per heavy atom. The van der Waals surface area contributed by atoms with Crippen LogP contribution in [0.15, 0.2) is 30.3 Å². The third kappa shape index (κ3) is 6.19. The highest BCUT2D eigenvalue weighted by Gasteiger charge is 2.23. The van der Waals surface area contributed by atoms with Gasteiger partial charge in [0.2, 0.25) is 0 Å². The summed E-state index contributed by atoms with van der Waals surface area (Å²) in [5, 5.41) is 0. The molecule has 0 aliphatic carbocycles. The van der Waals surface area contributed by atoms with Gasteiger partial charge in [-0.15, -0.1) is 0 Å². The van der Waals surface area contributed by atoms with Crippen LogP contribution in [0.4, 0.5) is 0 Å². The first-order valence-corrected chi connectivity index (χ1v) is 8.62. The monoisotopic (exact) mass is 290 g/mol. The van der Waals surface area contributed by atoms with E-state index in [1.54, 1.807) is 0 Å². The molecular weight excluding hydrogens is 256 g/mol. The Morgan fingerprint density at radius 3 is 2.10 bits per heavy atom. The lowest BCUT2D eigenvalue weighted by molar-refractivity contribution is 0.107. The van der Waals surface area contributed by atoms with Crippen LogP contribution in [0.2, 0.25) is 0 Å². The minimum Gasteiger partial charge on any atom is -0.329 e. The lowest BCUT2D eigenvalue weighted by Gasteiger charge is -2.38. The van der Waals surface area contributed by atoms with Crippen molar-refractivity contribution in [2.75, 3.05) is 13.1 Å². The highest BCUT2D eigenvalue weighted by atomic mass is 15.2. The van der Waals surface area contributed by atoms with Crippen molar-refractivity contribution in [2.24, 2.45) is 11.7 Å². The van der Waals surface area contributed by atoms with E-state index >= 15 is 0 Å².